The van der Waals surface area contributed by atoms with Crippen molar-refractivity contribution in [3.05, 3.63) is 88.0 Å². The Balaban J connectivity index is 1.52. The van der Waals surface area contributed by atoms with Gasteiger partial charge in [0.2, 0.25) is 0 Å². The van der Waals surface area contributed by atoms with Crippen molar-refractivity contribution in [1.29, 1.82) is 0 Å². The summed E-state index contributed by atoms with van der Waals surface area (Å²) in [5, 5.41) is 15.3. The number of carbonyl (C=O) groups excluding carboxylic acids is 3. The molecule has 0 saturated heterocycles. The van der Waals surface area contributed by atoms with Gasteiger partial charge in [0.1, 0.15) is 22.2 Å². The molecule has 0 radical (unpaired) electrons. The van der Waals surface area contributed by atoms with Gasteiger partial charge in [-0.3, -0.25) is 14.4 Å². The van der Waals surface area contributed by atoms with E-state index in [9.17, 15) is 19.5 Å². The van der Waals surface area contributed by atoms with Gasteiger partial charge in [0.15, 0.2) is 0 Å². The molecular formula is C24H17Cl2N3O5. The van der Waals surface area contributed by atoms with Crippen molar-refractivity contribution in [2.75, 3.05) is 22.6 Å². The van der Waals surface area contributed by atoms with E-state index in [4.69, 9.17) is 27.9 Å². The van der Waals surface area contributed by atoms with E-state index in [0.29, 0.717) is 16.3 Å². The van der Waals surface area contributed by atoms with Crippen LogP contribution in [0.25, 0.3) is 0 Å². The molecule has 8 nitrogen and oxygen atoms in total. The first-order valence-electron chi connectivity index (χ1n) is 9.88. The molecule has 3 amide bonds. The van der Waals surface area contributed by atoms with Gasteiger partial charge in [0.05, 0.1) is 18.5 Å². The summed E-state index contributed by atoms with van der Waals surface area (Å²) in [6.45, 7) is 0. The molecule has 0 atom stereocenters. The molecule has 0 aromatic heterocycles. The second kappa shape index (κ2) is 9.46. The highest BCUT2D eigenvalue weighted by molar-refractivity contribution is 6.53. The van der Waals surface area contributed by atoms with Crippen LogP contribution in [0.1, 0.15) is 10.4 Å². The van der Waals surface area contributed by atoms with Crippen LogP contribution in [0.3, 0.4) is 0 Å². The summed E-state index contributed by atoms with van der Waals surface area (Å²) >= 11 is 12.2. The summed E-state index contributed by atoms with van der Waals surface area (Å²) in [5.41, 5.74) is 1.05. The Hall–Kier alpha value is -4.01. The summed E-state index contributed by atoms with van der Waals surface area (Å²) in [6.07, 6.45) is 0. The second-order valence-corrected chi connectivity index (χ2v) is 7.94. The number of nitrogens with one attached hydrogen (secondary N) is 2. The van der Waals surface area contributed by atoms with E-state index in [2.05, 4.69) is 10.6 Å². The Morgan fingerprint density at radius 1 is 0.971 bits per heavy atom. The second-order valence-electron chi connectivity index (χ2n) is 7.12. The molecule has 1 aliphatic heterocycles. The number of imide groups is 1. The molecule has 0 aliphatic carbocycles. The molecule has 3 aromatic carbocycles. The first-order chi connectivity index (χ1) is 16.3. The maximum atomic E-state index is 13.0. The molecular weight excluding hydrogens is 481 g/mol. The number of aromatic hydroxyl groups is 1. The number of methoxy groups -OCH3 is 1. The summed E-state index contributed by atoms with van der Waals surface area (Å²) in [4.78, 5) is 39.1. The third-order valence-electron chi connectivity index (χ3n) is 4.98. The zero-order valence-electron chi connectivity index (χ0n) is 17.6. The van der Waals surface area contributed by atoms with Gasteiger partial charge in [-0.15, -0.1) is 0 Å². The Labute approximate surface area is 204 Å². The summed E-state index contributed by atoms with van der Waals surface area (Å²) < 4.78 is 5.24. The number of hydrogen-bond acceptors (Lipinski definition) is 6. The zero-order chi connectivity index (χ0) is 24.4. The Morgan fingerprint density at radius 3 is 2.35 bits per heavy atom. The van der Waals surface area contributed by atoms with Crippen LogP contribution >= 0.6 is 23.2 Å². The van der Waals surface area contributed by atoms with Crippen LogP contribution in [0.2, 0.25) is 5.02 Å². The zero-order valence-corrected chi connectivity index (χ0v) is 19.1. The highest BCUT2D eigenvalue weighted by Crippen LogP contribution is 2.37. The number of phenols is 1. The average molecular weight is 498 g/mol. The van der Waals surface area contributed by atoms with Crippen molar-refractivity contribution >= 4 is 58.0 Å². The van der Waals surface area contributed by atoms with Gasteiger partial charge in [-0.25, -0.2) is 4.90 Å². The van der Waals surface area contributed by atoms with Gasteiger partial charge in [0, 0.05) is 16.3 Å². The number of anilines is 3. The molecule has 1 heterocycles. The smallest absolute Gasteiger partial charge is 0.283 e. The van der Waals surface area contributed by atoms with Crippen molar-refractivity contribution in [1.82, 2.24) is 0 Å². The number of hydrogen-bond donors (Lipinski definition) is 3. The van der Waals surface area contributed by atoms with E-state index in [1.54, 1.807) is 36.4 Å². The van der Waals surface area contributed by atoms with E-state index in [0.717, 1.165) is 4.90 Å². The standard InChI is InChI=1S/C24H17Cl2N3O5/c1-34-19-11-8-14(25)12-17(19)29-23(32)20(26)21(24(29)33)27-15-9-6-13(7-10-15)22(31)28-16-4-2-3-5-18(16)30/h2-12,27,30H,1H3,(H,28,31). The minimum Gasteiger partial charge on any atom is -0.506 e. The van der Waals surface area contributed by atoms with Gasteiger partial charge in [-0.05, 0) is 54.6 Å². The fourth-order valence-corrected chi connectivity index (χ4v) is 3.67. The monoisotopic (exact) mass is 497 g/mol. The number of phenolic OH excluding ortho intramolecular Hbond substituents is 1. The van der Waals surface area contributed by atoms with Crippen molar-refractivity contribution in [2.45, 2.75) is 0 Å². The molecule has 0 spiro atoms. The Morgan fingerprint density at radius 2 is 1.68 bits per heavy atom. The normalized spacial score (nSPS) is 13.3. The number of amides is 3. The highest BCUT2D eigenvalue weighted by Gasteiger charge is 2.40. The Kier molecular flexibility index (Phi) is 6.45. The molecule has 172 valence electrons. The SMILES string of the molecule is COc1ccc(Cl)cc1N1C(=O)C(Cl)=C(Nc2ccc(C(=O)Nc3ccccc3O)cc2)C1=O. The molecule has 1 aliphatic rings. The number of ether oxygens (including phenoxy) is 1. The Bertz CT molecular complexity index is 1340. The fourth-order valence-electron chi connectivity index (χ4n) is 3.29. The van der Waals surface area contributed by atoms with Gasteiger partial charge < -0.3 is 20.5 Å². The van der Waals surface area contributed by atoms with Crippen LogP contribution in [-0.2, 0) is 9.59 Å². The van der Waals surface area contributed by atoms with Crippen LogP contribution in [-0.4, -0.2) is 29.9 Å². The minimum atomic E-state index is -0.728. The van der Waals surface area contributed by atoms with Gasteiger partial charge in [-0.2, -0.15) is 0 Å². The van der Waals surface area contributed by atoms with Crippen LogP contribution in [0, 0.1) is 0 Å². The average Bonchev–Trinajstić information content (AvgIpc) is 3.04. The third-order valence-corrected chi connectivity index (χ3v) is 5.56. The number of rotatable bonds is 6. The number of halogens is 2. The maximum absolute atomic E-state index is 13.0. The third kappa shape index (κ3) is 4.41. The molecule has 0 saturated carbocycles. The highest BCUT2D eigenvalue weighted by atomic mass is 35.5. The van der Waals surface area contributed by atoms with Crippen molar-refractivity contribution in [3.63, 3.8) is 0 Å². The summed E-state index contributed by atoms with van der Waals surface area (Å²) in [6, 6.07) is 17.0. The lowest BCUT2D eigenvalue weighted by Crippen LogP contribution is -2.32. The van der Waals surface area contributed by atoms with Crippen LogP contribution < -0.4 is 20.3 Å². The quantitative estimate of drug-likeness (QED) is 0.335. The number of benzene rings is 3. The summed E-state index contributed by atoms with van der Waals surface area (Å²) in [5.74, 6) is -1.63. The predicted molar refractivity (Wildman–Crippen MR) is 130 cm³/mol. The lowest BCUT2D eigenvalue weighted by Gasteiger charge is -2.18. The molecule has 34 heavy (non-hydrogen) atoms. The summed E-state index contributed by atoms with van der Waals surface area (Å²) in [7, 11) is 1.41. The first-order valence-corrected chi connectivity index (χ1v) is 10.6. The van der Waals surface area contributed by atoms with Crippen molar-refractivity contribution in [3.8, 4) is 11.5 Å². The lowest BCUT2D eigenvalue weighted by molar-refractivity contribution is -0.120. The molecule has 3 aromatic rings. The van der Waals surface area contributed by atoms with E-state index in [1.165, 1.54) is 37.4 Å². The molecule has 0 unspecified atom stereocenters. The van der Waals surface area contributed by atoms with Gasteiger partial charge >= 0.3 is 0 Å². The van der Waals surface area contributed by atoms with E-state index < -0.39 is 17.7 Å². The van der Waals surface area contributed by atoms with Crippen LogP contribution in [0.15, 0.2) is 77.5 Å². The van der Waals surface area contributed by atoms with Crippen molar-refractivity contribution in [2.24, 2.45) is 0 Å². The molecule has 0 bridgehead atoms. The largest absolute Gasteiger partial charge is 0.506 e. The lowest BCUT2D eigenvalue weighted by atomic mass is 10.1. The number of nitrogens with zero attached hydrogens (tertiary/aromatic N) is 1. The molecule has 0 fully saturated rings. The molecule has 10 heteroatoms. The first kappa shape index (κ1) is 23.2. The molecule has 3 N–H and O–H groups in total. The van der Waals surface area contributed by atoms with E-state index in [1.807, 2.05) is 0 Å². The van der Waals surface area contributed by atoms with Crippen molar-refractivity contribution < 1.29 is 24.2 Å². The number of carbonyl (C=O) groups is 3. The maximum Gasteiger partial charge on any atom is 0.283 e. The number of para-hydroxylation sites is 2. The van der Waals surface area contributed by atoms with Crippen LogP contribution in [0.4, 0.5) is 17.1 Å². The topological polar surface area (TPSA) is 108 Å². The van der Waals surface area contributed by atoms with Gasteiger partial charge in [-0.1, -0.05) is 35.3 Å². The van der Waals surface area contributed by atoms with Crippen LogP contribution in [0.5, 0.6) is 11.5 Å². The predicted octanol–water partition coefficient (Wildman–Crippen LogP) is 4.74. The fraction of sp³-hybridized carbons (Fsp3) is 0.0417. The van der Waals surface area contributed by atoms with E-state index in [-0.39, 0.29) is 33.6 Å². The molecule has 4 rings (SSSR count). The van der Waals surface area contributed by atoms with E-state index >= 15 is 0 Å². The minimum absolute atomic E-state index is 0.0546. The van der Waals surface area contributed by atoms with Gasteiger partial charge in [0.25, 0.3) is 17.7 Å².